The smallest absolute Gasteiger partial charge is 0.129 e. The fourth-order valence-corrected chi connectivity index (χ4v) is 1.43. The van der Waals surface area contributed by atoms with Gasteiger partial charge >= 0.3 is 0 Å². The van der Waals surface area contributed by atoms with Gasteiger partial charge in [-0.05, 0) is 40.0 Å². The molecule has 0 saturated carbocycles. The highest BCUT2D eigenvalue weighted by Crippen LogP contribution is 2.27. The van der Waals surface area contributed by atoms with E-state index >= 15 is 0 Å². The van der Waals surface area contributed by atoms with Gasteiger partial charge in [-0.1, -0.05) is 6.07 Å². The first kappa shape index (κ1) is 10.5. The third-order valence-electron chi connectivity index (χ3n) is 1.82. The quantitative estimate of drug-likeness (QED) is 0.863. The molecule has 4 heteroatoms. The van der Waals surface area contributed by atoms with Crippen LogP contribution in [0.5, 0.6) is 5.75 Å². The van der Waals surface area contributed by atoms with Crippen LogP contribution in [-0.4, -0.2) is 11.8 Å². The monoisotopic (exact) mass is 247 g/mol. The molecule has 0 fully saturated rings. The number of hydrogen-bond acceptors (Lipinski definition) is 2. The highest BCUT2D eigenvalue weighted by molar-refractivity contribution is 9.10. The van der Waals surface area contributed by atoms with Gasteiger partial charge in [0.15, 0.2) is 0 Å². The third kappa shape index (κ3) is 2.67. The zero-order valence-corrected chi connectivity index (χ0v) is 8.59. The highest BCUT2D eigenvalue weighted by Gasteiger charge is 2.07. The molecule has 0 aromatic heterocycles. The zero-order valence-electron chi connectivity index (χ0n) is 7.00. The Balaban J connectivity index is 2.84. The molecule has 0 aliphatic rings. The van der Waals surface area contributed by atoms with Crippen LogP contribution in [0.15, 0.2) is 22.7 Å². The van der Waals surface area contributed by atoms with Crippen molar-refractivity contribution in [2.75, 3.05) is 6.67 Å². The SMILES string of the molecule is N[C@@H](CCF)c1ccc(O)c(Br)c1. The average Bonchev–Trinajstić information content (AvgIpc) is 2.10. The highest BCUT2D eigenvalue weighted by atomic mass is 79.9. The maximum absolute atomic E-state index is 12.0. The summed E-state index contributed by atoms with van der Waals surface area (Å²) in [6, 6.07) is 4.63. The lowest BCUT2D eigenvalue weighted by Gasteiger charge is -2.10. The number of aromatic hydroxyl groups is 1. The largest absolute Gasteiger partial charge is 0.507 e. The number of phenolic OH excluding ortho intramolecular Hbond substituents is 1. The van der Waals surface area contributed by atoms with E-state index in [1.54, 1.807) is 12.1 Å². The molecule has 0 saturated heterocycles. The molecule has 0 heterocycles. The standard InChI is InChI=1S/C9H11BrFNO/c10-7-5-6(1-2-9(7)13)8(12)3-4-11/h1-2,5,8,13H,3-4,12H2/t8-/m0/s1. The number of hydrogen-bond donors (Lipinski definition) is 2. The van der Waals surface area contributed by atoms with Crippen molar-refractivity contribution in [3.63, 3.8) is 0 Å². The number of nitrogens with two attached hydrogens (primary N) is 1. The predicted octanol–water partition coefficient (Wildman–Crippen LogP) is 2.51. The maximum Gasteiger partial charge on any atom is 0.129 e. The molecule has 1 aromatic rings. The normalized spacial score (nSPS) is 12.8. The fourth-order valence-electron chi connectivity index (χ4n) is 1.04. The van der Waals surface area contributed by atoms with Crippen molar-refractivity contribution in [1.82, 2.24) is 0 Å². The number of alkyl halides is 1. The first-order chi connectivity index (χ1) is 6.15. The van der Waals surface area contributed by atoms with Crippen molar-refractivity contribution in [2.24, 2.45) is 5.73 Å². The number of halogens is 2. The van der Waals surface area contributed by atoms with Gasteiger partial charge < -0.3 is 10.8 Å². The van der Waals surface area contributed by atoms with Crippen molar-refractivity contribution < 1.29 is 9.50 Å². The Morgan fingerprint density at radius 1 is 1.54 bits per heavy atom. The summed E-state index contributed by atoms with van der Waals surface area (Å²) < 4.78 is 12.6. The first-order valence-electron chi connectivity index (χ1n) is 3.95. The summed E-state index contributed by atoms with van der Waals surface area (Å²) in [4.78, 5) is 0. The Bertz CT molecular complexity index is 293. The second-order valence-electron chi connectivity index (χ2n) is 2.79. The van der Waals surface area contributed by atoms with Gasteiger partial charge in [0.25, 0.3) is 0 Å². The molecule has 1 rings (SSSR count). The van der Waals surface area contributed by atoms with Crippen LogP contribution < -0.4 is 5.73 Å². The van der Waals surface area contributed by atoms with Crippen molar-refractivity contribution >= 4 is 15.9 Å². The topological polar surface area (TPSA) is 46.2 Å². The van der Waals surface area contributed by atoms with E-state index in [1.165, 1.54) is 6.07 Å². The molecule has 0 bridgehead atoms. The second kappa shape index (κ2) is 4.58. The predicted molar refractivity (Wildman–Crippen MR) is 53.3 cm³/mol. The van der Waals surface area contributed by atoms with Gasteiger partial charge in [-0.2, -0.15) is 0 Å². The summed E-state index contributed by atoms with van der Waals surface area (Å²) in [5.74, 6) is 0.163. The van der Waals surface area contributed by atoms with Gasteiger partial charge in [0, 0.05) is 6.04 Å². The molecule has 0 amide bonds. The van der Waals surface area contributed by atoms with Crippen LogP contribution in [0.25, 0.3) is 0 Å². The van der Waals surface area contributed by atoms with E-state index in [4.69, 9.17) is 5.73 Å². The Kier molecular flexibility index (Phi) is 3.69. The van der Waals surface area contributed by atoms with E-state index < -0.39 is 6.67 Å². The van der Waals surface area contributed by atoms with Gasteiger partial charge in [-0.25, -0.2) is 0 Å². The molecule has 0 spiro atoms. The minimum absolute atomic E-state index is 0.163. The van der Waals surface area contributed by atoms with Gasteiger partial charge in [0.2, 0.25) is 0 Å². The van der Waals surface area contributed by atoms with Gasteiger partial charge in [0.1, 0.15) is 5.75 Å². The van der Waals surface area contributed by atoms with Crippen molar-refractivity contribution in [2.45, 2.75) is 12.5 Å². The van der Waals surface area contributed by atoms with Crippen LogP contribution >= 0.6 is 15.9 Å². The molecule has 13 heavy (non-hydrogen) atoms. The zero-order chi connectivity index (χ0) is 9.84. The summed E-state index contributed by atoms with van der Waals surface area (Å²) in [5.41, 5.74) is 6.50. The third-order valence-corrected chi connectivity index (χ3v) is 2.46. The van der Waals surface area contributed by atoms with Crippen LogP contribution in [0.3, 0.4) is 0 Å². The van der Waals surface area contributed by atoms with Gasteiger partial charge in [-0.3, -0.25) is 4.39 Å². The van der Waals surface area contributed by atoms with Crippen molar-refractivity contribution in [3.8, 4) is 5.75 Å². The molecule has 0 aliphatic heterocycles. The Hall–Kier alpha value is -0.610. The minimum atomic E-state index is -0.431. The second-order valence-corrected chi connectivity index (χ2v) is 3.65. The van der Waals surface area contributed by atoms with E-state index in [-0.39, 0.29) is 11.8 Å². The molecule has 2 nitrogen and oxygen atoms in total. The first-order valence-corrected chi connectivity index (χ1v) is 4.74. The Labute approximate surface area is 84.7 Å². The summed E-state index contributed by atoms with van der Waals surface area (Å²) in [5, 5.41) is 9.19. The molecule has 3 N–H and O–H groups in total. The molecule has 1 aromatic carbocycles. The fraction of sp³-hybridized carbons (Fsp3) is 0.333. The van der Waals surface area contributed by atoms with Crippen LogP contribution in [0.2, 0.25) is 0 Å². The number of rotatable bonds is 3. The molecule has 0 radical (unpaired) electrons. The van der Waals surface area contributed by atoms with E-state index in [0.717, 1.165) is 5.56 Å². The lowest BCUT2D eigenvalue weighted by Crippen LogP contribution is -2.10. The summed E-state index contributed by atoms with van der Waals surface area (Å²) >= 11 is 3.17. The lowest BCUT2D eigenvalue weighted by molar-refractivity contribution is 0.441. The van der Waals surface area contributed by atoms with Crippen LogP contribution in [0.4, 0.5) is 4.39 Å². The number of phenols is 1. The summed E-state index contributed by atoms with van der Waals surface area (Å²) in [6.07, 6.45) is 0.303. The van der Waals surface area contributed by atoms with Gasteiger partial charge in [-0.15, -0.1) is 0 Å². The van der Waals surface area contributed by atoms with E-state index in [0.29, 0.717) is 10.9 Å². The molecule has 1 atom stereocenters. The summed E-state index contributed by atoms with van der Waals surface area (Å²) in [6.45, 7) is -0.431. The molecule has 0 aliphatic carbocycles. The Morgan fingerprint density at radius 2 is 2.23 bits per heavy atom. The van der Waals surface area contributed by atoms with Crippen LogP contribution in [0.1, 0.15) is 18.0 Å². The Morgan fingerprint density at radius 3 is 2.77 bits per heavy atom. The van der Waals surface area contributed by atoms with Crippen LogP contribution in [-0.2, 0) is 0 Å². The van der Waals surface area contributed by atoms with E-state index in [1.807, 2.05) is 0 Å². The lowest BCUT2D eigenvalue weighted by atomic mass is 10.1. The molecular formula is C9H11BrFNO. The van der Waals surface area contributed by atoms with E-state index in [2.05, 4.69) is 15.9 Å². The van der Waals surface area contributed by atoms with E-state index in [9.17, 15) is 9.50 Å². The molecule has 72 valence electrons. The van der Waals surface area contributed by atoms with Crippen LogP contribution in [0, 0.1) is 0 Å². The van der Waals surface area contributed by atoms with Crippen molar-refractivity contribution in [3.05, 3.63) is 28.2 Å². The minimum Gasteiger partial charge on any atom is -0.507 e. The van der Waals surface area contributed by atoms with Crippen molar-refractivity contribution in [1.29, 1.82) is 0 Å². The molecular weight excluding hydrogens is 237 g/mol. The summed E-state index contributed by atoms with van der Waals surface area (Å²) in [7, 11) is 0. The van der Waals surface area contributed by atoms with Gasteiger partial charge in [0.05, 0.1) is 11.1 Å². The average molecular weight is 248 g/mol. The maximum atomic E-state index is 12.0. The number of benzene rings is 1. The molecule has 0 unspecified atom stereocenters.